The van der Waals surface area contributed by atoms with E-state index in [1.165, 1.54) is 0 Å². The number of benzene rings is 2. The Morgan fingerprint density at radius 2 is 1.94 bits per heavy atom. The van der Waals surface area contributed by atoms with Crippen molar-refractivity contribution < 1.29 is 0 Å². The van der Waals surface area contributed by atoms with Crippen LogP contribution in [-0.2, 0) is 0 Å². The summed E-state index contributed by atoms with van der Waals surface area (Å²) < 4.78 is 1.89. The highest BCUT2D eigenvalue weighted by molar-refractivity contribution is 5.79. The number of hydrogen-bond donors (Lipinski definition) is 1. The normalized spacial score (nSPS) is 10.8. The molecule has 0 fully saturated rings. The summed E-state index contributed by atoms with van der Waals surface area (Å²) in [5.74, 6) is 0. The summed E-state index contributed by atoms with van der Waals surface area (Å²) in [7, 11) is 0. The average Bonchev–Trinajstić information content (AvgIpc) is 2.74. The predicted octanol–water partition coefficient (Wildman–Crippen LogP) is 2.41. The van der Waals surface area contributed by atoms with Gasteiger partial charge >= 0.3 is 0 Å². The Bertz CT molecular complexity index is 623. The first-order chi connectivity index (χ1) is 7.84. The van der Waals surface area contributed by atoms with Crippen LogP contribution in [0.3, 0.4) is 0 Å². The highest BCUT2D eigenvalue weighted by Crippen LogP contribution is 2.18. The van der Waals surface area contributed by atoms with Gasteiger partial charge in [0.25, 0.3) is 0 Å². The number of rotatable bonds is 1. The molecule has 0 aliphatic rings. The highest BCUT2D eigenvalue weighted by Gasteiger charge is 2.03. The third-order valence-corrected chi connectivity index (χ3v) is 2.55. The van der Waals surface area contributed by atoms with Crippen molar-refractivity contribution in [3.8, 4) is 5.69 Å². The summed E-state index contributed by atoms with van der Waals surface area (Å²) in [5.41, 5.74) is 8.50. The van der Waals surface area contributed by atoms with E-state index in [0.717, 1.165) is 22.3 Å². The molecule has 0 saturated carbocycles. The van der Waals surface area contributed by atoms with E-state index in [2.05, 4.69) is 11.2 Å². The maximum atomic E-state index is 5.66. The van der Waals surface area contributed by atoms with E-state index in [-0.39, 0.29) is 0 Å². The molecular weight excluding hydrogens is 198 g/mol. The van der Waals surface area contributed by atoms with Crippen LogP contribution in [0.5, 0.6) is 0 Å². The van der Waals surface area contributed by atoms with Crippen LogP contribution in [0.4, 0.5) is 5.69 Å². The Morgan fingerprint density at radius 1 is 1.12 bits per heavy atom. The van der Waals surface area contributed by atoms with E-state index in [1.54, 1.807) is 0 Å². The second-order valence-corrected chi connectivity index (χ2v) is 3.63. The molecule has 0 spiro atoms. The molecule has 0 unspecified atom stereocenters. The first-order valence-electron chi connectivity index (χ1n) is 5.04. The fourth-order valence-corrected chi connectivity index (χ4v) is 1.73. The van der Waals surface area contributed by atoms with Gasteiger partial charge in [0.1, 0.15) is 0 Å². The Morgan fingerprint density at radius 3 is 2.75 bits per heavy atom. The molecule has 77 valence electrons. The molecule has 3 aromatic rings. The molecule has 1 heterocycles. The Kier molecular flexibility index (Phi) is 1.90. The first kappa shape index (κ1) is 8.97. The predicted molar refractivity (Wildman–Crippen MR) is 64.3 cm³/mol. The molecule has 2 N–H and O–H groups in total. The van der Waals surface area contributed by atoms with Crippen LogP contribution >= 0.6 is 0 Å². The van der Waals surface area contributed by atoms with Gasteiger partial charge in [0, 0.05) is 11.1 Å². The number of hydrogen-bond acceptors (Lipinski definition) is 2. The molecule has 2 aromatic carbocycles. The summed E-state index contributed by atoms with van der Waals surface area (Å²) in [6.07, 6.45) is 1.84. The minimum absolute atomic E-state index is 0.758. The maximum absolute atomic E-state index is 5.66. The summed E-state index contributed by atoms with van der Waals surface area (Å²) in [6, 6.07) is 16.5. The van der Waals surface area contributed by atoms with E-state index in [9.17, 15) is 0 Å². The SMILES string of the molecule is Nc1ccc(-n2ncc3c[c]ccc32)cc1. The van der Waals surface area contributed by atoms with Gasteiger partial charge in [0.2, 0.25) is 0 Å². The lowest BCUT2D eigenvalue weighted by Gasteiger charge is -2.03. The van der Waals surface area contributed by atoms with Gasteiger partial charge in [-0.25, -0.2) is 4.68 Å². The molecular formula is C13H10N3. The molecule has 0 aliphatic carbocycles. The second-order valence-electron chi connectivity index (χ2n) is 3.63. The number of nitrogen functional groups attached to an aromatic ring is 1. The first-order valence-corrected chi connectivity index (χ1v) is 5.04. The van der Waals surface area contributed by atoms with Crippen molar-refractivity contribution in [3.63, 3.8) is 0 Å². The van der Waals surface area contributed by atoms with Crippen molar-refractivity contribution in [2.45, 2.75) is 0 Å². The van der Waals surface area contributed by atoms with Crippen LogP contribution in [-0.4, -0.2) is 9.78 Å². The zero-order valence-electron chi connectivity index (χ0n) is 8.59. The van der Waals surface area contributed by atoms with Crippen molar-refractivity contribution in [3.05, 3.63) is 54.7 Å². The molecule has 16 heavy (non-hydrogen) atoms. The van der Waals surface area contributed by atoms with Crippen LogP contribution in [0.15, 0.2) is 48.7 Å². The van der Waals surface area contributed by atoms with Gasteiger partial charge in [0.15, 0.2) is 0 Å². The number of fused-ring (bicyclic) bond motifs is 1. The molecule has 3 rings (SSSR count). The molecule has 3 nitrogen and oxygen atoms in total. The quantitative estimate of drug-likeness (QED) is 0.624. The van der Waals surface area contributed by atoms with E-state index in [0.29, 0.717) is 0 Å². The molecule has 1 aromatic heterocycles. The van der Waals surface area contributed by atoms with E-state index >= 15 is 0 Å². The summed E-state index contributed by atoms with van der Waals surface area (Å²) in [6.45, 7) is 0. The topological polar surface area (TPSA) is 43.8 Å². The van der Waals surface area contributed by atoms with Crippen molar-refractivity contribution >= 4 is 16.6 Å². The van der Waals surface area contributed by atoms with E-state index < -0.39 is 0 Å². The number of anilines is 1. The van der Waals surface area contributed by atoms with Gasteiger partial charge in [-0.2, -0.15) is 5.10 Å². The Balaban J connectivity index is 2.22. The molecule has 0 bridgehead atoms. The van der Waals surface area contributed by atoms with Crippen LogP contribution in [0.25, 0.3) is 16.6 Å². The zero-order chi connectivity index (χ0) is 11.0. The second kappa shape index (κ2) is 3.38. The van der Waals surface area contributed by atoms with Gasteiger partial charge in [-0.05, 0) is 42.5 Å². The van der Waals surface area contributed by atoms with Gasteiger partial charge in [0.05, 0.1) is 17.4 Å². The monoisotopic (exact) mass is 208 g/mol. The van der Waals surface area contributed by atoms with Crippen molar-refractivity contribution in [1.29, 1.82) is 0 Å². The van der Waals surface area contributed by atoms with Crippen LogP contribution in [0.1, 0.15) is 0 Å². The Labute approximate surface area is 93.1 Å². The van der Waals surface area contributed by atoms with Gasteiger partial charge in [-0.15, -0.1) is 0 Å². The highest BCUT2D eigenvalue weighted by atomic mass is 15.3. The van der Waals surface area contributed by atoms with Gasteiger partial charge < -0.3 is 5.73 Å². The summed E-state index contributed by atoms with van der Waals surface area (Å²) in [4.78, 5) is 0. The average molecular weight is 208 g/mol. The fraction of sp³-hybridized carbons (Fsp3) is 0. The molecule has 3 heteroatoms. The smallest absolute Gasteiger partial charge is 0.0741 e. The van der Waals surface area contributed by atoms with Gasteiger partial charge in [-0.3, -0.25) is 0 Å². The van der Waals surface area contributed by atoms with E-state index in [1.807, 2.05) is 53.3 Å². The zero-order valence-corrected chi connectivity index (χ0v) is 8.59. The lowest BCUT2D eigenvalue weighted by molar-refractivity contribution is 0.911. The molecule has 0 atom stereocenters. The van der Waals surface area contributed by atoms with Crippen LogP contribution < -0.4 is 5.73 Å². The molecule has 0 amide bonds. The largest absolute Gasteiger partial charge is 0.399 e. The van der Waals surface area contributed by atoms with Crippen molar-refractivity contribution in [2.24, 2.45) is 0 Å². The number of nitrogens with zero attached hydrogens (tertiary/aromatic N) is 2. The maximum Gasteiger partial charge on any atom is 0.0741 e. The summed E-state index contributed by atoms with van der Waals surface area (Å²) >= 11 is 0. The number of aromatic nitrogens is 2. The lowest BCUT2D eigenvalue weighted by atomic mass is 10.2. The molecule has 1 radical (unpaired) electrons. The minimum Gasteiger partial charge on any atom is -0.399 e. The standard InChI is InChI=1S/C13H10N3/c14-11-5-7-12(8-6-11)16-13-4-2-1-3-10(13)9-15-16/h2-9H,14H2. The third kappa shape index (κ3) is 1.34. The van der Waals surface area contributed by atoms with Crippen LogP contribution in [0.2, 0.25) is 0 Å². The third-order valence-electron chi connectivity index (χ3n) is 2.55. The van der Waals surface area contributed by atoms with Crippen molar-refractivity contribution in [1.82, 2.24) is 9.78 Å². The molecule has 0 saturated heterocycles. The van der Waals surface area contributed by atoms with E-state index in [4.69, 9.17) is 5.73 Å². The van der Waals surface area contributed by atoms with Gasteiger partial charge in [-0.1, -0.05) is 6.07 Å². The number of nitrogens with two attached hydrogens (primary N) is 1. The van der Waals surface area contributed by atoms with Crippen molar-refractivity contribution in [2.75, 3.05) is 5.73 Å². The minimum atomic E-state index is 0.758. The molecule has 0 aliphatic heterocycles. The Hall–Kier alpha value is -2.29. The van der Waals surface area contributed by atoms with Crippen LogP contribution in [0, 0.1) is 6.07 Å². The summed E-state index contributed by atoms with van der Waals surface area (Å²) in [5, 5.41) is 5.43. The fourth-order valence-electron chi connectivity index (χ4n) is 1.73. The lowest BCUT2D eigenvalue weighted by Crippen LogP contribution is -1.96.